The number of rotatable bonds is 6. The Balaban J connectivity index is 1.56. The molecule has 0 bridgehead atoms. The predicted octanol–water partition coefficient (Wildman–Crippen LogP) is 3.67. The van der Waals surface area contributed by atoms with Gasteiger partial charge in [0.25, 0.3) is 6.43 Å². The summed E-state index contributed by atoms with van der Waals surface area (Å²) in [5.41, 5.74) is 0.949. The minimum atomic E-state index is -2.60. The van der Waals surface area contributed by atoms with Crippen molar-refractivity contribution in [3.8, 4) is 11.6 Å². The maximum Gasteiger partial charge on any atom is 0.291 e. The molecular formula is C14H11F2N5OS. The average molecular weight is 335 g/mol. The van der Waals surface area contributed by atoms with Crippen LogP contribution in [-0.4, -0.2) is 20.2 Å². The summed E-state index contributed by atoms with van der Waals surface area (Å²) in [5.74, 6) is 1.04. The molecule has 0 amide bonds. The zero-order chi connectivity index (χ0) is 16.1. The lowest BCUT2D eigenvalue weighted by Gasteiger charge is -2.06. The monoisotopic (exact) mass is 335 g/mol. The van der Waals surface area contributed by atoms with E-state index in [2.05, 4.69) is 25.5 Å². The van der Waals surface area contributed by atoms with Gasteiger partial charge in [0.05, 0.1) is 6.20 Å². The smallest absolute Gasteiger partial charge is 0.291 e. The molecule has 0 saturated heterocycles. The number of benzene rings is 1. The van der Waals surface area contributed by atoms with Crippen LogP contribution in [0.5, 0.6) is 11.6 Å². The summed E-state index contributed by atoms with van der Waals surface area (Å²) in [7, 11) is 0. The van der Waals surface area contributed by atoms with Gasteiger partial charge in [0.15, 0.2) is 5.01 Å². The minimum absolute atomic E-state index is 0.291. The number of anilines is 1. The van der Waals surface area contributed by atoms with Gasteiger partial charge in [-0.25, -0.2) is 13.8 Å². The van der Waals surface area contributed by atoms with Crippen LogP contribution in [0.25, 0.3) is 0 Å². The molecular weight excluding hydrogens is 324 g/mol. The third-order valence-corrected chi connectivity index (χ3v) is 3.64. The number of hydrogen-bond donors (Lipinski definition) is 1. The highest BCUT2D eigenvalue weighted by molar-refractivity contribution is 7.15. The van der Waals surface area contributed by atoms with Gasteiger partial charge in [-0.05, 0) is 17.7 Å². The van der Waals surface area contributed by atoms with E-state index < -0.39 is 6.43 Å². The van der Waals surface area contributed by atoms with Crippen LogP contribution in [0.2, 0.25) is 0 Å². The fourth-order valence-electron chi connectivity index (χ4n) is 1.71. The standard InChI is InChI=1S/C14H11F2N5OS/c15-12(16)13-20-21-14(23-13)19-7-9-1-3-10(4-2-9)22-11-8-17-5-6-18-11/h1-6,8,12H,7H2,(H,19,21). The van der Waals surface area contributed by atoms with Crippen molar-refractivity contribution < 1.29 is 13.5 Å². The van der Waals surface area contributed by atoms with Gasteiger partial charge in [-0.1, -0.05) is 23.5 Å². The van der Waals surface area contributed by atoms with E-state index in [4.69, 9.17) is 4.74 Å². The van der Waals surface area contributed by atoms with E-state index in [-0.39, 0.29) is 5.01 Å². The van der Waals surface area contributed by atoms with Crippen molar-refractivity contribution in [1.82, 2.24) is 20.2 Å². The van der Waals surface area contributed by atoms with E-state index in [9.17, 15) is 8.78 Å². The van der Waals surface area contributed by atoms with Gasteiger partial charge < -0.3 is 10.1 Å². The summed E-state index contributed by atoms with van der Waals surface area (Å²) < 4.78 is 30.4. The number of nitrogens with zero attached hydrogens (tertiary/aromatic N) is 4. The number of nitrogens with one attached hydrogen (secondary N) is 1. The Kier molecular flexibility index (Phi) is 4.67. The van der Waals surface area contributed by atoms with Gasteiger partial charge in [0.1, 0.15) is 5.75 Å². The average Bonchev–Trinajstić information content (AvgIpc) is 3.04. The lowest BCUT2D eigenvalue weighted by Crippen LogP contribution is -1.98. The first kappa shape index (κ1) is 15.2. The summed E-state index contributed by atoms with van der Waals surface area (Å²) in [6.07, 6.45) is 2.03. The molecule has 0 aliphatic rings. The molecule has 0 saturated carbocycles. The Morgan fingerprint density at radius 3 is 2.61 bits per heavy atom. The van der Waals surface area contributed by atoms with Crippen LogP contribution in [0, 0.1) is 0 Å². The molecule has 1 aromatic carbocycles. The molecule has 3 rings (SSSR count). The fraction of sp³-hybridized carbons (Fsp3) is 0.143. The maximum absolute atomic E-state index is 12.4. The van der Waals surface area contributed by atoms with Crippen molar-refractivity contribution in [2.75, 3.05) is 5.32 Å². The van der Waals surface area contributed by atoms with Crippen LogP contribution in [-0.2, 0) is 6.54 Å². The van der Waals surface area contributed by atoms with Gasteiger partial charge >= 0.3 is 0 Å². The molecule has 1 N–H and O–H groups in total. The molecule has 9 heteroatoms. The van der Waals surface area contributed by atoms with E-state index >= 15 is 0 Å². The van der Waals surface area contributed by atoms with Crippen molar-refractivity contribution in [1.29, 1.82) is 0 Å². The third-order valence-electron chi connectivity index (χ3n) is 2.76. The highest BCUT2D eigenvalue weighted by Crippen LogP contribution is 2.25. The fourth-order valence-corrected chi connectivity index (χ4v) is 2.30. The highest BCUT2D eigenvalue weighted by atomic mass is 32.1. The van der Waals surface area contributed by atoms with Crippen molar-refractivity contribution >= 4 is 16.5 Å². The summed E-state index contributed by atoms with van der Waals surface area (Å²) in [4.78, 5) is 7.93. The number of hydrogen-bond acceptors (Lipinski definition) is 7. The minimum Gasteiger partial charge on any atom is -0.438 e. The molecule has 0 radical (unpaired) electrons. The second-order valence-corrected chi connectivity index (χ2v) is 5.40. The molecule has 118 valence electrons. The quantitative estimate of drug-likeness (QED) is 0.741. The molecule has 2 heterocycles. The van der Waals surface area contributed by atoms with Gasteiger partial charge in [-0.15, -0.1) is 10.2 Å². The lowest BCUT2D eigenvalue weighted by atomic mass is 10.2. The molecule has 6 nitrogen and oxygen atoms in total. The number of ether oxygens (including phenoxy) is 1. The first-order valence-corrected chi connectivity index (χ1v) is 7.40. The van der Waals surface area contributed by atoms with Crippen LogP contribution in [0.3, 0.4) is 0 Å². The van der Waals surface area contributed by atoms with E-state index in [0.29, 0.717) is 23.3 Å². The van der Waals surface area contributed by atoms with E-state index in [1.807, 2.05) is 12.1 Å². The lowest BCUT2D eigenvalue weighted by molar-refractivity contribution is 0.150. The van der Waals surface area contributed by atoms with Gasteiger partial charge in [-0.2, -0.15) is 0 Å². The zero-order valence-electron chi connectivity index (χ0n) is 11.7. The Hall–Kier alpha value is -2.68. The Morgan fingerprint density at radius 1 is 1.13 bits per heavy atom. The molecule has 0 aliphatic carbocycles. The molecule has 0 atom stereocenters. The van der Waals surface area contributed by atoms with Crippen molar-refractivity contribution in [2.24, 2.45) is 0 Å². The number of aromatic nitrogens is 4. The third kappa shape index (κ3) is 4.16. The highest BCUT2D eigenvalue weighted by Gasteiger charge is 2.13. The second-order valence-electron chi connectivity index (χ2n) is 4.39. The predicted molar refractivity (Wildman–Crippen MR) is 80.7 cm³/mol. The van der Waals surface area contributed by atoms with E-state index in [1.165, 1.54) is 6.20 Å². The van der Waals surface area contributed by atoms with Crippen molar-refractivity contribution in [2.45, 2.75) is 13.0 Å². The molecule has 0 aliphatic heterocycles. The zero-order valence-corrected chi connectivity index (χ0v) is 12.5. The number of halogens is 2. The largest absolute Gasteiger partial charge is 0.438 e. The van der Waals surface area contributed by atoms with E-state index in [0.717, 1.165) is 16.9 Å². The SMILES string of the molecule is FC(F)c1nnc(NCc2ccc(Oc3cnccn3)cc2)s1. The van der Waals surface area contributed by atoms with Gasteiger partial charge in [0.2, 0.25) is 11.0 Å². The van der Waals surface area contributed by atoms with Crippen LogP contribution in [0.15, 0.2) is 42.9 Å². The van der Waals surface area contributed by atoms with Crippen molar-refractivity contribution in [3.05, 3.63) is 53.4 Å². The molecule has 0 spiro atoms. The Bertz CT molecular complexity index is 751. The van der Waals surface area contributed by atoms with Crippen LogP contribution in [0.1, 0.15) is 17.0 Å². The van der Waals surface area contributed by atoms with Crippen LogP contribution < -0.4 is 10.1 Å². The normalized spacial score (nSPS) is 10.7. The summed E-state index contributed by atoms with van der Waals surface area (Å²) in [6, 6.07) is 7.29. The van der Waals surface area contributed by atoms with Gasteiger partial charge in [0, 0.05) is 18.9 Å². The van der Waals surface area contributed by atoms with Crippen LogP contribution in [0.4, 0.5) is 13.9 Å². The topological polar surface area (TPSA) is 72.8 Å². The molecule has 3 aromatic rings. The molecule has 2 aromatic heterocycles. The Morgan fingerprint density at radius 2 is 1.96 bits per heavy atom. The van der Waals surface area contributed by atoms with Gasteiger partial charge in [-0.3, -0.25) is 4.98 Å². The molecule has 0 fully saturated rings. The van der Waals surface area contributed by atoms with Crippen molar-refractivity contribution in [3.63, 3.8) is 0 Å². The molecule has 0 unspecified atom stereocenters. The maximum atomic E-state index is 12.4. The summed E-state index contributed by atoms with van der Waals surface area (Å²) in [6.45, 7) is 0.448. The number of alkyl halides is 2. The molecule has 23 heavy (non-hydrogen) atoms. The second kappa shape index (κ2) is 7.05. The first-order valence-electron chi connectivity index (χ1n) is 6.59. The van der Waals surface area contributed by atoms with Crippen LogP contribution >= 0.6 is 11.3 Å². The summed E-state index contributed by atoms with van der Waals surface area (Å²) >= 11 is 0.842. The Labute approximate surface area is 134 Å². The van der Waals surface area contributed by atoms with E-state index in [1.54, 1.807) is 24.5 Å². The summed E-state index contributed by atoms with van der Waals surface area (Å²) in [5, 5.41) is 10.1. The first-order chi connectivity index (χ1) is 11.2.